The zero-order valence-electron chi connectivity index (χ0n) is 19.3. The fraction of sp³-hybridized carbons (Fsp3) is 0.542. The highest BCUT2D eigenvalue weighted by Crippen LogP contribution is 2.33. The van der Waals surface area contributed by atoms with E-state index in [1.165, 1.54) is 11.8 Å². The topological polar surface area (TPSA) is 76.6 Å². The molecule has 2 aliphatic heterocycles. The van der Waals surface area contributed by atoms with Crippen LogP contribution in [0, 0.1) is 5.92 Å². The third-order valence-corrected chi connectivity index (χ3v) is 7.38. The van der Waals surface area contributed by atoms with Crippen LogP contribution in [-0.2, 0) is 15.2 Å². The number of nitrogens with zero attached hydrogens (tertiary/aromatic N) is 3. The third kappa shape index (κ3) is 6.18. The Kier molecular flexibility index (Phi) is 7.79. The van der Waals surface area contributed by atoms with E-state index in [0.29, 0.717) is 40.8 Å². The lowest BCUT2D eigenvalue weighted by Crippen LogP contribution is -2.45. The summed E-state index contributed by atoms with van der Waals surface area (Å²) in [6, 6.07) is 9.60. The monoisotopic (exact) mass is 490 g/mol. The van der Waals surface area contributed by atoms with Gasteiger partial charge in [0, 0.05) is 49.4 Å². The summed E-state index contributed by atoms with van der Waals surface area (Å²) in [7, 11) is 0. The Morgan fingerprint density at radius 1 is 1.15 bits per heavy atom. The first kappa shape index (κ1) is 24.3. The molecule has 1 atom stereocenters. The smallest absolute Gasteiger partial charge is 0.251 e. The van der Waals surface area contributed by atoms with E-state index < -0.39 is 5.79 Å². The number of amides is 1. The molecule has 3 heterocycles. The first-order valence-electron chi connectivity index (χ1n) is 11.4. The summed E-state index contributed by atoms with van der Waals surface area (Å²) in [5.74, 6) is 1.45. The van der Waals surface area contributed by atoms with E-state index in [9.17, 15) is 4.79 Å². The van der Waals surface area contributed by atoms with Crippen molar-refractivity contribution in [2.24, 2.45) is 5.92 Å². The number of ether oxygens (including phenoxy) is 2. The summed E-state index contributed by atoms with van der Waals surface area (Å²) in [4.78, 5) is 23.7. The van der Waals surface area contributed by atoms with Gasteiger partial charge in [-0.05, 0) is 30.5 Å². The van der Waals surface area contributed by atoms with E-state index >= 15 is 0 Å². The summed E-state index contributed by atoms with van der Waals surface area (Å²) in [6.45, 7) is 9.15. The molecule has 33 heavy (non-hydrogen) atoms. The van der Waals surface area contributed by atoms with Crippen molar-refractivity contribution in [2.45, 2.75) is 56.4 Å². The molecule has 2 aliphatic rings. The number of piperidine rings is 1. The lowest BCUT2D eigenvalue weighted by Gasteiger charge is -2.38. The molecule has 1 N–H and O–H groups in total. The van der Waals surface area contributed by atoms with Gasteiger partial charge in [-0.1, -0.05) is 49.3 Å². The molecule has 1 unspecified atom stereocenters. The van der Waals surface area contributed by atoms with Crippen LogP contribution in [0.2, 0.25) is 5.15 Å². The van der Waals surface area contributed by atoms with Gasteiger partial charge in [0.05, 0.1) is 13.2 Å². The predicted molar refractivity (Wildman–Crippen MR) is 131 cm³/mol. The fourth-order valence-electron chi connectivity index (χ4n) is 3.83. The molecule has 2 fully saturated rings. The second-order valence-corrected chi connectivity index (χ2v) is 10.2. The van der Waals surface area contributed by atoms with Crippen LogP contribution in [0.25, 0.3) is 0 Å². The molecule has 1 aromatic carbocycles. The van der Waals surface area contributed by atoms with Gasteiger partial charge in [-0.25, -0.2) is 9.97 Å². The van der Waals surface area contributed by atoms with Crippen LogP contribution in [0.4, 0.5) is 5.82 Å². The number of hydrogen-bond donors (Lipinski definition) is 1. The molecule has 9 heteroatoms. The number of nitrogens with one attached hydrogen (secondary N) is 1. The van der Waals surface area contributed by atoms with Crippen molar-refractivity contribution < 1.29 is 14.3 Å². The minimum absolute atomic E-state index is 0.0464. The summed E-state index contributed by atoms with van der Waals surface area (Å²) < 4.78 is 11.6. The Balaban J connectivity index is 1.34. The minimum atomic E-state index is -0.416. The van der Waals surface area contributed by atoms with Crippen molar-refractivity contribution in [3.8, 4) is 0 Å². The maximum absolute atomic E-state index is 12.4. The number of rotatable bonds is 7. The van der Waals surface area contributed by atoms with Crippen LogP contribution in [0.15, 0.2) is 35.5 Å². The molecule has 1 aromatic heterocycles. The lowest BCUT2D eigenvalue weighted by atomic mass is 10.0. The quantitative estimate of drug-likeness (QED) is 0.347. The molecule has 0 saturated carbocycles. The number of benzene rings is 1. The van der Waals surface area contributed by atoms with Gasteiger partial charge < -0.3 is 19.7 Å². The van der Waals surface area contributed by atoms with Gasteiger partial charge in [0.15, 0.2) is 10.9 Å². The largest absolute Gasteiger partial charge is 0.356 e. The Bertz CT molecular complexity index is 957. The maximum atomic E-state index is 12.4. The molecule has 178 valence electrons. The number of aromatic nitrogens is 2. The fourth-order valence-corrected chi connectivity index (χ4v) is 4.87. The van der Waals surface area contributed by atoms with Crippen molar-refractivity contribution in [3.05, 3.63) is 46.6 Å². The van der Waals surface area contributed by atoms with E-state index in [4.69, 9.17) is 26.1 Å². The molecule has 0 bridgehead atoms. The van der Waals surface area contributed by atoms with Crippen LogP contribution < -0.4 is 10.2 Å². The van der Waals surface area contributed by atoms with E-state index in [1.807, 2.05) is 37.3 Å². The minimum Gasteiger partial charge on any atom is -0.356 e. The summed E-state index contributed by atoms with van der Waals surface area (Å²) in [5.41, 5.74) is 1.75. The lowest BCUT2D eigenvalue weighted by molar-refractivity contribution is -0.169. The van der Waals surface area contributed by atoms with E-state index in [1.54, 1.807) is 0 Å². The molecule has 2 aromatic rings. The van der Waals surface area contributed by atoms with Crippen molar-refractivity contribution >= 4 is 35.1 Å². The number of hydrogen-bond acceptors (Lipinski definition) is 7. The molecular formula is C24H31ClN4O3S. The molecule has 2 saturated heterocycles. The first-order chi connectivity index (χ1) is 15.8. The molecule has 4 rings (SSSR count). The molecule has 1 amide bonds. The maximum Gasteiger partial charge on any atom is 0.251 e. The van der Waals surface area contributed by atoms with Crippen molar-refractivity contribution in [1.29, 1.82) is 0 Å². The summed E-state index contributed by atoms with van der Waals surface area (Å²) in [5, 5.41) is 4.10. The summed E-state index contributed by atoms with van der Waals surface area (Å²) >= 11 is 7.84. The highest BCUT2D eigenvalue weighted by molar-refractivity contribution is 7.98. The van der Waals surface area contributed by atoms with Gasteiger partial charge in [0.2, 0.25) is 0 Å². The van der Waals surface area contributed by atoms with Gasteiger partial charge in [0.25, 0.3) is 5.91 Å². The van der Waals surface area contributed by atoms with Gasteiger partial charge in [0.1, 0.15) is 11.0 Å². The Morgan fingerprint density at radius 2 is 1.82 bits per heavy atom. The summed E-state index contributed by atoms with van der Waals surface area (Å²) in [6.07, 6.45) is 1.62. The first-order valence-corrected chi connectivity index (χ1v) is 12.8. The number of anilines is 1. The van der Waals surface area contributed by atoms with Crippen LogP contribution in [0.5, 0.6) is 0 Å². The van der Waals surface area contributed by atoms with Crippen LogP contribution in [-0.4, -0.2) is 54.0 Å². The third-order valence-electron chi connectivity index (χ3n) is 6.27. The highest BCUT2D eigenvalue weighted by Gasteiger charge is 2.40. The van der Waals surface area contributed by atoms with Crippen LogP contribution in [0.1, 0.15) is 49.5 Å². The van der Waals surface area contributed by atoms with Crippen LogP contribution >= 0.6 is 23.4 Å². The molecule has 7 nitrogen and oxygen atoms in total. The van der Waals surface area contributed by atoms with Gasteiger partial charge in [-0.3, -0.25) is 4.79 Å². The van der Waals surface area contributed by atoms with Gasteiger partial charge in [-0.2, -0.15) is 0 Å². The van der Waals surface area contributed by atoms with Crippen LogP contribution in [0.3, 0.4) is 0 Å². The van der Waals surface area contributed by atoms with Gasteiger partial charge >= 0.3 is 0 Å². The Hall–Kier alpha value is -1.87. The number of carbonyl (C=O) groups is 1. The van der Waals surface area contributed by atoms with Crippen molar-refractivity contribution in [3.63, 3.8) is 0 Å². The van der Waals surface area contributed by atoms with E-state index in [2.05, 4.69) is 29.0 Å². The highest BCUT2D eigenvalue weighted by atomic mass is 35.5. The zero-order chi connectivity index (χ0) is 23.4. The second-order valence-electron chi connectivity index (χ2n) is 8.92. The Morgan fingerprint density at radius 3 is 2.45 bits per heavy atom. The molecule has 0 aliphatic carbocycles. The standard InChI is InChI=1S/C24H31ClN4O3S/c1-16(2)17(3)26-22(30)19-6-4-18(5-7-19)15-33-23-27-20(25)14-21(28-23)29-10-8-24(9-11-29)31-12-13-32-24/h4-7,14,16-17H,8-13,15H2,1-3H3,(H,26,30). The average Bonchev–Trinajstić information content (AvgIpc) is 3.26. The zero-order valence-corrected chi connectivity index (χ0v) is 20.9. The molecule has 0 radical (unpaired) electrons. The molecular weight excluding hydrogens is 460 g/mol. The SMILES string of the molecule is CC(C)C(C)NC(=O)c1ccc(CSc2nc(Cl)cc(N3CCC4(CC3)OCCO4)n2)cc1. The second kappa shape index (κ2) is 10.6. The predicted octanol–water partition coefficient (Wildman–Crippen LogP) is 4.54. The number of thioether (sulfide) groups is 1. The molecule has 1 spiro atoms. The normalized spacial score (nSPS) is 18.6. The van der Waals surface area contributed by atoms with E-state index in [0.717, 1.165) is 37.3 Å². The Labute approximate surface area is 204 Å². The van der Waals surface area contributed by atoms with Crippen molar-refractivity contribution in [2.75, 3.05) is 31.2 Å². The van der Waals surface area contributed by atoms with E-state index in [-0.39, 0.29) is 11.9 Å². The number of carbonyl (C=O) groups excluding carboxylic acids is 1. The van der Waals surface area contributed by atoms with Gasteiger partial charge in [-0.15, -0.1) is 0 Å². The average molecular weight is 491 g/mol. The number of halogens is 1. The van der Waals surface area contributed by atoms with Crippen molar-refractivity contribution in [1.82, 2.24) is 15.3 Å².